The smallest absolute Gasteiger partial charge is 0.341 e. The van der Waals surface area contributed by atoms with Crippen molar-refractivity contribution in [2.45, 2.75) is 0 Å². The van der Waals surface area contributed by atoms with Gasteiger partial charge in [0.2, 0.25) is 0 Å². The number of para-hydroxylation sites is 1. The Hall–Kier alpha value is -3.07. The van der Waals surface area contributed by atoms with E-state index >= 15 is 0 Å². The van der Waals surface area contributed by atoms with Crippen molar-refractivity contribution in [1.82, 2.24) is 20.1 Å². The molecule has 27 heavy (non-hydrogen) atoms. The van der Waals surface area contributed by atoms with Gasteiger partial charge in [0.25, 0.3) is 5.91 Å². The van der Waals surface area contributed by atoms with E-state index in [-0.39, 0.29) is 30.3 Å². The predicted molar refractivity (Wildman–Crippen MR) is 98.1 cm³/mol. The molecule has 0 fully saturated rings. The van der Waals surface area contributed by atoms with Gasteiger partial charge in [-0.25, -0.2) is 13.9 Å². The van der Waals surface area contributed by atoms with Crippen molar-refractivity contribution >= 4 is 27.8 Å². The molecule has 0 saturated heterocycles. The fourth-order valence-electron chi connectivity index (χ4n) is 2.23. The molecular formula is C18H14BrFN4O3. The average Bonchev–Trinajstić information content (AvgIpc) is 3.15. The number of ether oxygens (including phenoxy) is 1. The molecule has 0 atom stereocenters. The summed E-state index contributed by atoms with van der Waals surface area (Å²) >= 11 is 3.24. The topological polar surface area (TPSA) is 86.1 Å². The molecule has 3 aromatic rings. The molecule has 0 radical (unpaired) electrons. The number of hydrogen-bond donors (Lipinski definition) is 1. The predicted octanol–water partition coefficient (Wildman–Crippen LogP) is 2.76. The Kier molecular flexibility index (Phi) is 5.92. The van der Waals surface area contributed by atoms with Crippen LogP contribution < -0.4 is 5.32 Å². The number of amides is 1. The van der Waals surface area contributed by atoms with Gasteiger partial charge in [-0.2, -0.15) is 5.10 Å². The molecule has 0 aliphatic carbocycles. The molecule has 1 aromatic carbocycles. The van der Waals surface area contributed by atoms with Gasteiger partial charge in [-0.1, -0.05) is 12.1 Å². The van der Waals surface area contributed by atoms with Crippen LogP contribution in [0, 0.1) is 5.82 Å². The van der Waals surface area contributed by atoms with Crippen LogP contribution in [0.1, 0.15) is 20.7 Å². The fourth-order valence-corrected chi connectivity index (χ4v) is 2.59. The SMILES string of the molecule is O=C(NCCOC(=O)c1cnn(-c2ccccc2F)c1)c1cncc(Br)c1. The van der Waals surface area contributed by atoms with Gasteiger partial charge in [0.15, 0.2) is 0 Å². The lowest BCUT2D eigenvalue weighted by molar-refractivity contribution is 0.0503. The lowest BCUT2D eigenvalue weighted by Crippen LogP contribution is -2.28. The van der Waals surface area contributed by atoms with Gasteiger partial charge in [-0.15, -0.1) is 0 Å². The van der Waals surface area contributed by atoms with Gasteiger partial charge in [0, 0.05) is 23.1 Å². The molecule has 0 aliphatic heterocycles. The molecule has 1 N–H and O–H groups in total. The van der Waals surface area contributed by atoms with Gasteiger partial charge in [-0.3, -0.25) is 9.78 Å². The van der Waals surface area contributed by atoms with Crippen LogP contribution in [0.3, 0.4) is 0 Å². The van der Waals surface area contributed by atoms with Crippen LogP contribution in [-0.4, -0.2) is 39.8 Å². The number of esters is 1. The summed E-state index contributed by atoms with van der Waals surface area (Å²) in [5, 5.41) is 6.59. The maximum absolute atomic E-state index is 13.8. The van der Waals surface area contributed by atoms with Gasteiger partial charge in [0.05, 0.1) is 23.9 Å². The van der Waals surface area contributed by atoms with Gasteiger partial charge in [-0.05, 0) is 34.1 Å². The summed E-state index contributed by atoms with van der Waals surface area (Å²) in [5.74, 6) is -1.39. The number of pyridine rings is 1. The highest BCUT2D eigenvalue weighted by Crippen LogP contribution is 2.13. The van der Waals surface area contributed by atoms with E-state index in [9.17, 15) is 14.0 Å². The van der Waals surface area contributed by atoms with Gasteiger partial charge in [0.1, 0.15) is 18.1 Å². The third-order valence-corrected chi connectivity index (χ3v) is 3.94. The summed E-state index contributed by atoms with van der Waals surface area (Å²) < 4.78 is 20.8. The first-order valence-corrected chi connectivity index (χ1v) is 8.69. The van der Waals surface area contributed by atoms with E-state index in [0.29, 0.717) is 10.0 Å². The van der Waals surface area contributed by atoms with Crippen LogP contribution in [0.15, 0.2) is 59.6 Å². The zero-order valence-corrected chi connectivity index (χ0v) is 15.5. The number of nitrogens with one attached hydrogen (secondary N) is 1. The zero-order valence-electron chi connectivity index (χ0n) is 13.9. The summed E-state index contributed by atoms with van der Waals surface area (Å²) in [6.07, 6.45) is 5.68. The molecule has 2 heterocycles. The van der Waals surface area contributed by atoms with E-state index in [1.165, 1.54) is 29.3 Å². The zero-order chi connectivity index (χ0) is 19.2. The van der Waals surface area contributed by atoms with Crippen LogP contribution in [0.2, 0.25) is 0 Å². The molecule has 2 aromatic heterocycles. The molecule has 7 nitrogen and oxygen atoms in total. The summed E-state index contributed by atoms with van der Waals surface area (Å²) in [6, 6.07) is 7.71. The molecule has 0 unspecified atom stereocenters. The van der Waals surface area contributed by atoms with Crippen molar-refractivity contribution in [2.24, 2.45) is 0 Å². The van der Waals surface area contributed by atoms with E-state index in [4.69, 9.17) is 4.74 Å². The number of hydrogen-bond acceptors (Lipinski definition) is 5. The lowest BCUT2D eigenvalue weighted by atomic mass is 10.3. The van der Waals surface area contributed by atoms with Crippen molar-refractivity contribution in [3.63, 3.8) is 0 Å². The van der Waals surface area contributed by atoms with E-state index < -0.39 is 11.8 Å². The van der Waals surface area contributed by atoms with Crippen LogP contribution >= 0.6 is 15.9 Å². The number of carbonyl (C=O) groups excluding carboxylic acids is 2. The third kappa shape index (κ3) is 4.76. The molecule has 0 saturated carbocycles. The molecule has 0 aliphatic rings. The highest BCUT2D eigenvalue weighted by molar-refractivity contribution is 9.10. The first-order chi connectivity index (χ1) is 13.0. The molecule has 3 rings (SSSR count). The second-order valence-corrected chi connectivity index (χ2v) is 6.32. The summed E-state index contributed by atoms with van der Waals surface area (Å²) in [4.78, 5) is 27.9. The summed E-state index contributed by atoms with van der Waals surface area (Å²) in [7, 11) is 0. The number of halogens is 2. The van der Waals surface area contributed by atoms with Gasteiger partial charge < -0.3 is 10.1 Å². The molecule has 1 amide bonds. The Balaban J connectivity index is 1.50. The minimum Gasteiger partial charge on any atom is -0.460 e. The van der Waals surface area contributed by atoms with Crippen LogP contribution in [0.4, 0.5) is 4.39 Å². The van der Waals surface area contributed by atoms with Crippen molar-refractivity contribution in [1.29, 1.82) is 0 Å². The Morgan fingerprint density at radius 3 is 2.78 bits per heavy atom. The quantitative estimate of drug-likeness (QED) is 0.478. The Morgan fingerprint density at radius 1 is 1.19 bits per heavy atom. The van der Waals surface area contributed by atoms with Crippen molar-refractivity contribution < 1.29 is 18.7 Å². The average molecular weight is 433 g/mol. The maximum Gasteiger partial charge on any atom is 0.341 e. The summed E-state index contributed by atoms with van der Waals surface area (Å²) in [6.45, 7) is 0.120. The number of nitrogens with zero attached hydrogens (tertiary/aromatic N) is 3. The summed E-state index contributed by atoms with van der Waals surface area (Å²) in [5.41, 5.74) is 0.800. The molecule has 9 heteroatoms. The first-order valence-electron chi connectivity index (χ1n) is 7.90. The minimum atomic E-state index is -0.615. The number of aromatic nitrogens is 3. The second kappa shape index (κ2) is 8.54. The number of carbonyl (C=O) groups is 2. The number of rotatable bonds is 6. The van der Waals surface area contributed by atoms with Crippen LogP contribution in [0.5, 0.6) is 0 Å². The number of benzene rings is 1. The van der Waals surface area contributed by atoms with E-state index in [2.05, 4.69) is 31.3 Å². The standard InChI is InChI=1S/C18H14BrFN4O3/c19-14-7-12(8-21-10-14)17(25)22-5-6-27-18(26)13-9-23-24(11-13)16-4-2-1-3-15(16)20/h1-4,7-11H,5-6H2,(H,22,25). The van der Waals surface area contributed by atoms with E-state index in [1.54, 1.807) is 30.5 Å². The van der Waals surface area contributed by atoms with Crippen molar-refractivity contribution in [3.05, 3.63) is 76.5 Å². The first kappa shape index (κ1) is 18.7. The molecule has 0 bridgehead atoms. The second-order valence-electron chi connectivity index (χ2n) is 5.41. The Bertz CT molecular complexity index is 977. The maximum atomic E-state index is 13.8. The fraction of sp³-hybridized carbons (Fsp3) is 0.111. The Morgan fingerprint density at radius 2 is 2.00 bits per heavy atom. The van der Waals surface area contributed by atoms with Crippen LogP contribution in [-0.2, 0) is 4.74 Å². The lowest BCUT2D eigenvalue weighted by Gasteiger charge is -2.06. The molecule has 138 valence electrons. The van der Waals surface area contributed by atoms with Gasteiger partial charge >= 0.3 is 5.97 Å². The normalized spacial score (nSPS) is 10.4. The minimum absolute atomic E-state index is 0.0170. The van der Waals surface area contributed by atoms with Crippen molar-refractivity contribution in [3.8, 4) is 5.69 Å². The van der Waals surface area contributed by atoms with E-state index in [1.807, 2.05) is 0 Å². The highest BCUT2D eigenvalue weighted by atomic mass is 79.9. The third-order valence-electron chi connectivity index (χ3n) is 3.51. The highest BCUT2D eigenvalue weighted by Gasteiger charge is 2.13. The largest absolute Gasteiger partial charge is 0.460 e. The molecule has 0 spiro atoms. The van der Waals surface area contributed by atoms with Crippen molar-refractivity contribution in [2.75, 3.05) is 13.2 Å². The van der Waals surface area contributed by atoms with E-state index in [0.717, 1.165) is 0 Å². The monoisotopic (exact) mass is 432 g/mol. The molecular weight excluding hydrogens is 419 g/mol. The van der Waals surface area contributed by atoms with Crippen LogP contribution in [0.25, 0.3) is 5.69 Å². The Labute approximate surface area is 162 Å².